The fourth-order valence-electron chi connectivity index (χ4n) is 2.45. The summed E-state index contributed by atoms with van der Waals surface area (Å²) < 4.78 is 5.12. The Morgan fingerprint density at radius 1 is 1.15 bits per heavy atom. The Kier molecular flexibility index (Phi) is 6.89. The van der Waals surface area contributed by atoms with Crippen molar-refractivity contribution in [1.82, 2.24) is 0 Å². The van der Waals surface area contributed by atoms with E-state index in [1.165, 1.54) is 18.9 Å². The van der Waals surface area contributed by atoms with E-state index in [0.717, 1.165) is 5.56 Å². The van der Waals surface area contributed by atoms with Gasteiger partial charge in [0.25, 0.3) is 0 Å². The Morgan fingerprint density at radius 2 is 1.88 bits per heavy atom. The number of benzene rings is 2. The second-order valence-electron chi connectivity index (χ2n) is 5.75. The molecule has 7 heteroatoms. The van der Waals surface area contributed by atoms with Gasteiger partial charge in [-0.05, 0) is 42.8 Å². The topological polar surface area (TPSA) is 58.6 Å². The van der Waals surface area contributed by atoms with Gasteiger partial charge in [-0.2, -0.15) is 0 Å². The predicted molar refractivity (Wildman–Crippen MR) is 105 cm³/mol. The zero-order valence-corrected chi connectivity index (χ0v) is 16.3. The van der Waals surface area contributed by atoms with Gasteiger partial charge < -0.3 is 15.0 Å². The van der Waals surface area contributed by atoms with Crippen LogP contribution in [0.5, 0.6) is 5.75 Å². The van der Waals surface area contributed by atoms with Crippen molar-refractivity contribution >= 4 is 46.4 Å². The highest BCUT2D eigenvalue weighted by Crippen LogP contribution is 2.29. The van der Waals surface area contributed by atoms with Crippen LogP contribution in [0.4, 0.5) is 11.4 Å². The molecule has 0 aliphatic rings. The SMILES string of the molecule is COc1ccc(N(CCC(=O)Nc2cc(Cl)ccc2C)C(C)=O)cc1Cl. The molecule has 138 valence electrons. The summed E-state index contributed by atoms with van der Waals surface area (Å²) in [5, 5.41) is 3.76. The molecule has 2 amide bonds. The average Bonchev–Trinajstić information content (AvgIpc) is 2.58. The van der Waals surface area contributed by atoms with Gasteiger partial charge in [0.15, 0.2) is 0 Å². The van der Waals surface area contributed by atoms with Crippen LogP contribution in [0.25, 0.3) is 0 Å². The number of halogens is 2. The van der Waals surface area contributed by atoms with Gasteiger partial charge in [-0.15, -0.1) is 0 Å². The molecule has 0 aromatic heterocycles. The Labute approximate surface area is 162 Å². The lowest BCUT2D eigenvalue weighted by Crippen LogP contribution is -2.32. The zero-order chi connectivity index (χ0) is 19.3. The van der Waals surface area contributed by atoms with Gasteiger partial charge in [0.2, 0.25) is 11.8 Å². The van der Waals surface area contributed by atoms with Crippen LogP contribution in [-0.2, 0) is 9.59 Å². The molecule has 0 radical (unpaired) electrons. The van der Waals surface area contributed by atoms with E-state index < -0.39 is 0 Å². The largest absolute Gasteiger partial charge is 0.495 e. The number of methoxy groups -OCH3 is 1. The van der Waals surface area contributed by atoms with Crippen LogP contribution >= 0.6 is 23.2 Å². The van der Waals surface area contributed by atoms with Crippen molar-refractivity contribution in [3.8, 4) is 5.75 Å². The third-order valence-corrected chi connectivity index (χ3v) is 4.39. The summed E-state index contributed by atoms with van der Waals surface area (Å²) in [6.07, 6.45) is 0.134. The summed E-state index contributed by atoms with van der Waals surface area (Å²) in [6, 6.07) is 10.3. The van der Waals surface area contributed by atoms with Crippen molar-refractivity contribution in [2.24, 2.45) is 0 Å². The van der Waals surface area contributed by atoms with Crippen molar-refractivity contribution in [3.63, 3.8) is 0 Å². The maximum absolute atomic E-state index is 12.3. The number of aryl methyl sites for hydroxylation is 1. The summed E-state index contributed by atoms with van der Waals surface area (Å²) in [5.74, 6) is 0.132. The van der Waals surface area contributed by atoms with Gasteiger partial charge in [-0.25, -0.2) is 0 Å². The molecule has 0 saturated carbocycles. The molecule has 0 saturated heterocycles. The van der Waals surface area contributed by atoms with Crippen LogP contribution in [0.2, 0.25) is 10.0 Å². The van der Waals surface area contributed by atoms with Crippen LogP contribution in [0.3, 0.4) is 0 Å². The normalized spacial score (nSPS) is 10.3. The van der Waals surface area contributed by atoms with E-state index in [9.17, 15) is 9.59 Å². The molecule has 0 aliphatic carbocycles. The molecule has 2 aromatic rings. The number of nitrogens with zero attached hydrogens (tertiary/aromatic N) is 1. The number of carbonyl (C=O) groups is 2. The van der Waals surface area contributed by atoms with Crippen molar-refractivity contribution in [2.45, 2.75) is 20.3 Å². The molecule has 5 nitrogen and oxygen atoms in total. The van der Waals surface area contributed by atoms with E-state index in [4.69, 9.17) is 27.9 Å². The molecule has 2 aromatic carbocycles. The first kappa shape index (κ1) is 20.1. The maximum atomic E-state index is 12.3. The number of hydrogen-bond donors (Lipinski definition) is 1. The molecule has 26 heavy (non-hydrogen) atoms. The van der Waals surface area contributed by atoms with Crippen LogP contribution in [-0.4, -0.2) is 25.5 Å². The van der Waals surface area contributed by atoms with E-state index >= 15 is 0 Å². The molecule has 0 heterocycles. The number of nitrogens with one attached hydrogen (secondary N) is 1. The van der Waals surface area contributed by atoms with Gasteiger partial charge in [0, 0.05) is 36.3 Å². The van der Waals surface area contributed by atoms with Crippen LogP contribution < -0.4 is 15.0 Å². The number of carbonyl (C=O) groups excluding carboxylic acids is 2. The van der Waals surface area contributed by atoms with Gasteiger partial charge >= 0.3 is 0 Å². The Balaban J connectivity index is 2.06. The number of ether oxygens (including phenoxy) is 1. The Hall–Kier alpha value is -2.24. The van der Waals surface area contributed by atoms with Crippen molar-refractivity contribution < 1.29 is 14.3 Å². The predicted octanol–water partition coefficient (Wildman–Crippen LogP) is 4.69. The molecule has 0 aliphatic heterocycles. The summed E-state index contributed by atoms with van der Waals surface area (Å²) >= 11 is 12.1. The van der Waals surface area contributed by atoms with Crippen molar-refractivity contribution in [1.29, 1.82) is 0 Å². The fourth-order valence-corrected chi connectivity index (χ4v) is 2.87. The molecule has 1 N–H and O–H groups in total. The number of anilines is 2. The summed E-state index contributed by atoms with van der Waals surface area (Å²) in [5.41, 5.74) is 2.17. The summed E-state index contributed by atoms with van der Waals surface area (Å²) in [6.45, 7) is 3.55. The van der Waals surface area contributed by atoms with E-state index in [1.54, 1.807) is 30.3 Å². The number of hydrogen-bond acceptors (Lipinski definition) is 3. The summed E-state index contributed by atoms with van der Waals surface area (Å²) in [7, 11) is 1.52. The highest BCUT2D eigenvalue weighted by molar-refractivity contribution is 6.32. The smallest absolute Gasteiger partial charge is 0.226 e. The van der Waals surface area contributed by atoms with Crippen molar-refractivity contribution in [3.05, 3.63) is 52.0 Å². The van der Waals surface area contributed by atoms with Gasteiger partial charge in [0.05, 0.1) is 12.1 Å². The van der Waals surface area contributed by atoms with Gasteiger partial charge in [-0.3, -0.25) is 9.59 Å². The lowest BCUT2D eigenvalue weighted by Gasteiger charge is -2.22. The lowest BCUT2D eigenvalue weighted by atomic mass is 10.2. The molecule has 0 fully saturated rings. The maximum Gasteiger partial charge on any atom is 0.226 e. The van der Waals surface area contributed by atoms with E-state index in [2.05, 4.69) is 5.32 Å². The highest BCUT2D eigenvalue weighted by atomic mass is 35.5. The first-order valence-electron chi connectivity index (χ1n) is 7.99. The minimum atomic E-state index is -0.207. The van der Waals surface area contributed by atoms with Crippen LogP contribution in [0.15, 0.2) is 36.4 Å². The molecule has 0 unspecified atom stereocenters. The van der Waals surface area contributed by atoms with E-state index in [-0.39, 0.29) is 24.8 Å². The van der Waals surface area contributed by atoms with Gasteiger partial charge in [-0.1, -0.05) is 29.3 Å². The highest BCUT2D eigenvalue weighted by Gasteiger charge is 2.15. The van der Waals surface area contributed by atoms with Crippen molar-refractivity contribution in [2.75, 3.05) is 23.9 Å². The monoisotopic (exact) mass is 394 g/mol. The second kappa shape index (κ2) is 8.92. The van der Waals surface area contributed by atoms with Crippen LogP contribution in [0.1, 0.15) is 18.9 Å². The molecule has 0 atom stereocenters. The Morgan fingerprint density at radius 3 is 2.50 bits per heavy atom. The van der Waals surface area contributed by atoms with E-state index in [0.29, 0.717) is 27.2 Å². The van der Waals surface area contributed by atoms with Crippen LogP contribution in [0, 0.1) is 6.92 Å². The Bertz CT molecular complexity index is 824. The third kappa shape index (κ3) is 5.13. The molecular formula is C19H20Cl2N2O3. The lowest BCUT2D eigenvalue weighted by molar-refractivity contribution is -0.117. The third-order valence-electron chi connectivity index (χ3n) is 3.86. The van der Waals surface area contributed by atoms with Gasteiger partial charge in [0.1, 0.15) is 5.75 Å². The minimum absolute atomic E-state index is 0.134. The molecular weight excluding hydrogens is 375 g/mol. The summed E-state index contributed by atoms with van der Waals surface area (Å²) in [4.78, 5) is 25.7. The first-order valence-corrected chi connectivity index (χ1v) is 8.75. The molecule has 0 spiro atoms. The molecule has 2 rings (SSSR count). The zero-order valence-electron chi connectivity index (χ0n) is 14.8. The quantitative estimate of drug-likeness (QED) is 0.772. The second-order valence-corrected chi connectivity index (χ2v) is 6.59. The fraction of sp³-hybridized carbons (Fsp3) is 0.263. The average molecular weight is 395 g/mol. The molecule has 0 bridgehead atoms. The number of rotatable bonds is 6. The minimum Gasteiger partial charge on any atom is -0.495 e. The standard InChI is InChI=1S/C19H20Cl2N2O3/c1-12-4-5-14(20)10-17(12)22-19(25)8-9-23(13(2)24)15-6-7-18(26-3)16(21)11-15/h4-7,10-11H,8-9H2,1-3H3,(H,22,25). The van der Waals surface area contributed by atoms with E-state index in [1.807, 2.05) is 13.0 Å². The first-order chi connectivity index (χ1) is 12.3. The number of amides is 2.